The number of carbonyl (C=O) groups is 1. The fourth-order valence-corrected chi connectivity index (χ4v) is 2.37. The van der Waals surface area contributed by atoms with Gasteiger partial charge in [-0.15, -0.1) is 0 Å². The van der Waals surface area contributed by atoms with Gasteiger partial charge in [0.15, 0.2) is 0 Å². The lowest BCUT2D eigenvalue weighted by molar-refractivity contribution is -0.116. The minimum absolute atomic E-state index is 0.0704. The Hall–Kier alpha value is -2.80. The molecule has 25 heavy (non-hydrogen) atoms. The van der Waals surface area contributed by atoms with Gasteiger partial charge in [-0.2, -0.15) is 5.10 Å². The Morgan fingerprint density at radius 1 is 1.20 bits per heavy atom. The molecule has 3 aromatic rings. The van der Waals surface area contributed by atoms with E-state index in [1.54, 1.807) is 35.4 Å². The summed E-state index contributed by atoms with van der Waals surface area (Å²) in [6.45, 7) is 0. The predicted molar refractivity (Wildman–Crippen MR) is 89.7 cm³/mol. The molecule has 0 atom stereocenters. The summed E-state index contributed by atoms with van der Waals surface area (Å²) in [5.41, 5.74) is 1.69. The number of hydrogen-bond acceptors (Lipinski definition) is 3. The SMILES string of the molecule is O=C(CCc1cc(F)c(Cl)c(F)c1)Nc1cnn(-c2ccncc2)c1. The molecule has 3 rings (SSSR count). The second-order valence-electron chi connectivity index (χ2n) is 5.30. The third-order valence-corrected chi connectivity index (χ3v) is 3.84. The Labute approximate surface area is 147 Å². The number of amides is 1. The summed E-state index contributed by atoms with van der Waals surface area (Å²) in [6, 6.07) is 5.81. The average Bonchev–Trinajstić information content (AvgIpc) is 3.07. The number of hydrogen-bond donors (Lipinski definition) is 1. The highest BCUT2D eigenvalue weighted by Crippen LogP contribution is 2.21. The quantitative estimate of drug-likeness (QED) is 0.703. The van der Waals surface area contributed by atoms with Gasteiger partial charge in [0.1, 0.15) is 16.7 Å². The van der Waals surface area contributed by atoms with Crippen molar-refractivity contribution in [1.29, 1.82) is 0 Å². The van der Waals surface area contributed by atoms with Crippen LogP contribution in [-0.2, 0) is 11.2 Å². The van der Waals surface area contributed by atoms with Gasteiger partial charge in [-0.3, -0.25) is 9.78 Å². The van der Waals surface area contributed by atoms with Crippen molar-refractivity contribution in [1.82, 2.24) is 14.8 Å². The van der Waals surface area contributed by atoms with E-state index in [1.807, 2.05) is 0 Å². The molecular formula is C17H13ClF2N4O. The van der Waals surface area contributed by atoms with Crippen molar-refractivity contribution in [2.75, 3.05) is 5.32 Å². The van der Waals surface area contributed by atoms with Crippen LogP contribution in [-0.4, -0.2) is 20.7 Å². The fraction of sp³-hybridized carbons (Fsp3) is 0.118. The van der Waals surface area contributed by atoms with Crippen molar-refractivity contribution in [2.45, 2.75) is 12.8 Å². The van der Waals surface area contributed by atoms with Gasteiger partial charge in [0.2, 0.25) is 5.91 Å². The highest BCUT2D eigenvalue weighted by atomic mass is 35.5. The zero-order valence-corrected chi connectivity index (χ0v) is 13.7. The molecule has 0 saturated carbocycles. The van der Waals surface area contributed by atoms with Crippen molar-refractivity contribution in [3.05, 3.63) is 71.3 Å². The lowest BCUT2D eigenvalue weighted by Crippen LogP contribution is -2.12. The summed E-state index contributed by atoms with van der Waals surface area (Å²) >= 11 is 5.43. The molecule has 0 unspecified atom stereocenters. The van der Waals surface area contributed by atoms with Gasteiger partial charge in [0, 0.05) is 18.8 Å². The van der Waals surface area contributed by atoms with Crippen LogP contribution in [0.15, 0.2) is 49.1 Å². The molecule has 2 heterocycles. The highest BCUT2D eigenvalue weighted by molar-refractivity contribution is 6.30. The van der Waals surface area contributed by atoms with Crippen LogP contribution in [0, 0.1) is 11.6 Å². The third kappa shape index (κ3) is 4.19. The summed E-state index contributed by atoms with van der Waals surface area (Å²) in [5.74, 6) is -1.96. The number of nitrogens with zero attached hydrogens (tertiary/aromatic N) is 3. The second kappa shape index (κ2) is 7.40. The van der Waals surface area contributed by atoms with E-state index in [0.29, 0.717) is 11.3 Å². The lowest BCUT2D eigenvalue weighted by atomic mass is 10.1. The largest absolute Gasteiger partial charge is 0.323 e. The van der Waals surface area contributed by atoms with Crippen LogP contribution in [0.25, 0.3) is 5.69 Å². The first-order valence-corrected chi connectivity index (χ1v) is 7.79. The minimum Gasteiger partial charge on any atom is -0.323 e. The number of anilines is 1. The molecule has 128 valence electrons. The smallest absolute Gasteiger partial charge is 0.224 e. The molecular weight excluding hydrogens is 350 g/mol. The predicted octanol–water partition coefficient (Wildman–Crippen LogP) is 3.77. The van der Waals surface area contributed by atoms with Crippen LogP contribution in [0.2, 0.25) is 5.02 Å². The standard InChI is InChI=1S/C17H13ClF2N4O/c18-17-14(19)7-11(8-15(17)20)1-2-16(25)23-12-9-22-24(10-12)13-3-5-21-6-4-13/h3-10H,1-2H2,(H,23,25). The molecule has 0 fully saturated rings. The molecule has 0 spiro atoms. The molecule has 0 aliphatic rings. The molecule has 2 aromatic heterocycles. The number of aryl methyl sites for hydroxylation is 1. The summed E-state index contributed by atoms with van der Waals surface area (Å²) < 4.78 is 28.4. The zero-order chi connectivity index (χ0) is 17.8. The first kappa shape index (κ1) is 17.0. The number of carbonyl (C=O) groups excluding carboxylic acids is 1. The molecule has 1 amide bonds. The Bertz CT molecular complexity index is 876. The van der Waals surface area contributed by atoms with Crippen molar-refractivity contribution >= 4 is 23.2 Å². The molecule has 0 saturated heterocycles. The van der Waals surface area contributed by atoms with Crippen molar-refractivity contribution in [2.24, 2.45) is 0 Å². The van der Waals surface area contributed by atoms with E-state index in [2.05, 4.69) is 15.4 Å². The summed E-state index contributed by atoms with van der Waals surface area (Å²) in [6.07, 6.45) is 6.71. The molecule has 0 bridgehead atoms. The molecule has 0 radical (unpaired) electrons. The van der Waals surface area contributed by atoms with Crippen LogP contribution >= 0.6 is 11.6 Å². The van der Waals surface area contributed by atoms with E-state index in [0.717, 1.165) is 17.8 Å². The van der Waals surface area contributed by atoms with Crippen LogP contribution in [0.1, 0.15) is 12.0 Å². The number of halogens is 3. The molecule has 0 aliphatic carbocycles. The minimum atomic E-state index is -0.837. The Morgan fingerprint density at radius 2 is 1.88 bits per heavy atom. The zero-order valence-electron chi connectivity index (χ0n) is 12.9. The van der Waals surface area contributed by atoms with E-state index in [9.17, 15) is 13.6 Å². The van der Waals surface area contributed by atoms with Crippen molar-refractivity contribution in [3.8, 4) is 5.69 Å². The molecule has 0 aliphatic heterocycles. The monoisotopic (exact) mass is 362 g/mol. The van der Waals surface area contributed by atoms with Gasteiger partial charge in [-0.1, -0.05) is 11.6 Å². The van der Waals surface area contributed by atoms with E-state index in [1.165, 1.54) is 6.20 Å². The third-order valence-electron chi connectivity index (χ3n) is 3.48. The Balaban J connectivity index is 1.59. The van der Waals surface area contributed by atoms with Gasteiger partial charge < -0.3 is 5.32 Å². The van der Waals surface area contributed by atoms with Gasteiger partial charge in [-0.25, -0.2) is 13.5 Å². The average molecular weight is 363 g/mol. The maximum Gasteiger partial charge on any atom is 0.224 e. The first-order chi connectivity index (χ1) is 12.0. The normalized spacial score (nSPS) is 10.7. The van der Waals surface area contributed by atoms with E-state index in [4.69, 9.17) is 11.6 Å². The van der Waals surface area contributed by atoms with Crippen molar-refractivity contribution < 1.29 is 13.6 Å². The fourth-order valence-electron chi connectivity index (χ4n) is 2.26. The number of aromatic nitrogens is 3. The van der Waals surface area contributed by atoms with Crippen LogP contribution in [0.4, 0.5) is 14.5 Å². The molecule has 5 nitrogen and oxygen atoms in total. The summed E-state index contributed by atoms with van der Waals surface area (Å²) in [5, 5.41) is 6.30. The summed E-state index contributed by atoms with van der Waals surface area (Å²) in [7, 11) is 0. The number of nitrogens with one attached hydrogen (secondary N) is 1. The molecule has 1 N–H and O–H groups in total. The highest BCUT2D eigenvalue weighted by Gasteiger charge is 2.11. The van der Waals surface area contributed by atoms with Crippen LogP contribution < -0.4 is 5.32 Å². The number of rotatable bonds is 5. The number of pyridine rings is 1. The number of benzene rings is 1. The maximum absolute atomic E-state index is 13.4. The lowest BCUT2D eigenvalue weighted by Gasteiger charge is -2.05. The van der Waals surface area contributed by atoms with Gasteiger partial charge in [-0.05, 0) is 36.2 Å². The van der Waals surface area contributed by atoms with Gasteiger partial charge >= 0.3 is 0 Å². The van der Waals surface area contributed by atoms with E-state index >= 15 is 0 Å². The maximum atomic E-state index is 13.4. The van der Waals surface area contributed by atoms with Crippen molar-refractivity contribution in [3.63, 3.8) is 0 Å². The molecule has 1 aromatic carbocycles. The van der Waals surface area contributed by atoms with E-state index in [-0.39, 0.29) is 18.7 Å². The van der Waals surface area contributed by atoms with Gasteiger partial charge in [0.25, 0.3) is 0 Å². The summed E-state index contributed by atoms with van der Waals surface area (Å²) in [4.78, 5) is 15.9. The Morgan fingerprint density at radius 3 is 2.56 bits per heavy atom. The molecule has 8 heteroatoms. The van der Waals surface area contributed by atoms with E-state index < -0.39 is 16.7 Å². The topological polar surface area (TPSA) is 59.8 Å². The second-order valence-corrected chi connectivity index (χ2v) is 5.68. The van der Waals surface area contributed by atoms with Gasteiger partial charge in [0.05, 0.1) is 23.8 Å². The Kier molecular flexibility index (Phi) is 5.04. The van der Waals surface area contributed by atoms with Crippen LogP contribution in [0.3, 0.4) is 0 Å². The first-order valence-electron chi connectivity index (χ1n) is 7.41. The van der Waals surface area contributed by atoms with Crippen LogP contribution in [0.5, 0.6) is 0 Å².